The lowest BCUT2D eigenvalue weighted by atomic mass is 9.96. The van der Waals surface area contributed by atoms with Crippen molar-refractivity contribution < 1.29 is 18.8 Å². The number of urea groups is 1. The third-order valence-corrected chi connectivity index (χ3v) is 5.26. The van der Waals surface area contributed by atoms with Crippen LogP contribution >= 0.6 is 0 Å². The molecular formula is C22H20FN5O3. The molecule has 1 aliphatic rings. The Morgan fingerprint density at radius 3 is 2.55 bits per heavy atom. The van der Waals surface area contributed by atoms with E-state index in [1.54, 1.807) is 36.0 Å². The van der Waals surface area contributed by atoms with Gasteiger partial charge in [-0.3, -0.25) is 14.9 Å². The van der Waals surface area contributed by atoms with E-state index in [1.165, 1.54) is 18.3 Å². The van der Waals surface area contributed by atoms with Crippen LogP contribution in [0.3, 0.4) is 0 Å². The maximum atomic E-state index is 14.7. The Balaban J connectivity index is 1.67. The number of imidazole rings is 1. The maximum absolute atomic E-state index is 14.7. The van der Waals surface area contributed by atoms with Crippen molar-refractivity contribution in [3.63, 3.8) is 0 Å². The number of carbonyl (C=O) groups is 3. The van der Waals surface area contributed by atoms with Gasteiger partial charge in [0.25, 0.3) is 11.8 Å². The second-order valence-electron chi connectivity index (χ2n) is 7.39. The van der Waals surface area contributed by atoms with E-state index in [-0.39, 0.29) is 17.9 Å². The Morgan fingerprint density at radius 1 is 1.19 bits per heavy atom. The highest BCUT2D eigenvalue weighted by molar-refractivity contribution is 6.08. The van der Waals surface area contributed by atoms with Gasteiger partial charge in [0.05, 0.1) is 12.1 Å². The molecule has 2 heterocycles. The average Bonchev–Trinajstić information content (AvgIpc) is 3.29. The highest BCUT2D eigenvalue weighted by atomic mass is 19.1. The van der Waals surface area contributed by atoms with Crippen LogP contribution in [0.1, 0.15) is 21.7 Å². The van der Waals surface area contributed by atoms with Crippen LogP contribution < -0.4 is 16.0 Å². The monoisotopic (exact) mass is 421 g/mol. The quantitative estimate of drug-likeness (QED) is 0.548. The molecule has 0 spiro atoms. The molecular weight excluding hydrogens is 401 g/mol. The minimum atomic E-state index is -1.61. The number of amides is 4. The lowest BCUT2D eigenvalue weighted by Gasteiger charge is -2.26. The lowest BCUT2D eigenvalue weighted by Crippen LogP contribution is -2.54. The molecule has 0 aliphatic carbocycles. The number of aryl methyl sites for hydroxylation is 2. The van der Waals surface area contributed by atoms with Gasteiger partial charge in [0, 0.05) is 19.4 Å². The fourth-order valence-corrected chi connectivity index (χ4v) is 3.66. The molecule has 1 unspecified atom stereocenters. The summed E-state index contributed by atoms with van der Waals surface area (Å²) >= 11 is 0. The van der Waals surface area contributed by atoms with E-state index in [9.17, 15) is 18.8 Å². The molecule has 1 fully saturated rings. The molecule has 2 aromatic carbocycles. The van der Waals surface area contributed by atoms with Crippen molar-refractivity contribution in [2.75, 3.05) is 6.54 Å². The zero-order valence-corrected chi connectivity index (χ0v) is 16.9. The number of nitrogens with one attached hydrogen (secondary N) is 3. The normalized spacial score (nSPS) is 17.9. The van der Waals surface area contributed by atoms with Crippen molar-refractivity contribution in [3.8, 4) is 11.1 Å². The van der Waals surface area contributed by atoms with Crippen LogP contribution in [-0.2, 0) is 17.4 Å². The first-order chi connectivity index (χ1) is 14.8. The summed E-state index contributed by atoms with van der Waals surface area (Å²) < 4.78 is 16.3. The van der Waals surface area contributed by atoms with Crippen LogP contribution in [-0.4, -0.2) is 33.9 Å². The van der Waals surface area contributed by atoms with Crippen LogP contribution in [0.5, 0.6) is 0 Å². The fourth-order valence-electron chi connectivity index (χ4n) is 3.66. The zero-order chi connectivity index (χ0) is 22.2. The molecule has 0 saturated carbocycles. The largest absolute Gasteiger partial charge is 0.349 e. The van der Waals surface area contributed by atoms with E-state index in [0.717, 1.165) is 5.56 Å². The molecule has 9 heteroatoms. The summed E-state index contributed by atoms with van der Waals surface area (Å²) in [7, 11) is 1.66. The topological polar surface area (TPSA) is 105 Å². The molecule has 3 aromatic rings. The van der Waals surface area contributed by atoms with Crippen molar-refractivity contribution in [1.82, 2.24) is 25.5 Å². The third-order valence-electron chi connectivity index (χ3n) is 5.26. The molecule has 1 aromatic heterocycles. The Hall–Kier alpha value is -4.01. The Morgan fingerprint density at radius 2 is 1.94 bits per heavy atom. The number of hydrogen-bond acceptors (Lipinski definition) is 4. The second-order valence-corrected chi connectivity index (χ2v) is 7.39. The van der Waals surface area contributed by atoms with Crippen LogP contribution in [0.25, 0.3) is 11.1 Å². The first-order valence-electron chi connectivity index (χ1n) is 9.57. The van der Waals surface area contributed by atoms with Crippen LogP contribution in [0.2, 0.25) is 0 Å². The molecule has 8 nitrogen and oxygen atoms in total. The zero-order valence-electron chi connectivity index (χ0n) is 16.9. The van der Waals surface area contributed by atoms with Gasteiger partial charge in [0.2, 0.25) is 0 Å². The van der Waals surface area contributed by atoms with E-state index in [1.807, 2.05) is 19.1 Å². The van der Waals surface area contributed by atoms with E-state index in [0.29, 0.717) is 11.1 Å². The van der Waals surface area contributed by atoms with Crippen LogP contribution in [0.15, 0.2) is 54.9 Å². The fraction of sp³-hybridized carbons (Fsp3) is 0.182. The van der Waals surface area contributed by atoms with Gasteiger partial charge in [-0.1, -0.05) is 42.0 Å². The number of nitrogens with zero attached hydrogens (tertiary/aromatic N) is 2. The van der Waals surface area contributed by atoms with E-state index >= 15 is 0 Å². The summed E-state index contributed by atoms with van der Waals surface area (Å²) in [5.41, 5.74) is 0.377. The summed E-state index contributed by atoms with van der Waals surface area (Å²) in [5, 5.41) is 7.32. The molecule has 0 bridgehead atoms. The lowest BCUT2D eigenvalue weighted by molar-refractivity contribution is -0.124. The van der Waals surface area contributed by atoms with Gasteiger partial charge in [-0.05, 0) is 24.1 Å². The van der Waals surface area contributed by atoms with Gasteiger partial charge in [0.1, 0.15) is 11.6 Å². The summed E-state index contributed by atoms with van der Waals surface area (Å²) in [5.74, 6) is -1.82. The standard InChI is InChI=1S/C22H20FN5O3/c1-13-6-8-14(9-7-13)15-4-3-5-16(23)17(15)18(29)25-12-22(19-24-10-11-28(19)2)20(30)26-21(31)27-22/h3-11H,12H2,1-2H3,(H,25,29)(H2,26,27,30,31). The number of benzene rings is 2. The second kappa shape index (κ2) is 7.67. The van der Waals surface area contributed by atoms with E-state index in [4.69, 9.17) is 0 Å². The minimum Gasteiger partial charge on any atom is -0.349 e. The van der Waals surface area contributed by atoms with Gasteiger partial charge in [-0.2, -0.15) is 0 Å². The van der Waals surface area contributed by atoms with E-state index in [2.05, 4.69) is 20.9 Å². The van der Waals surface area contributed by atoms with Crippen LogP contribution in [0, 0.1) is 12.7 Å². The van der Waals surface area contributed by atoms with Gasteiger partial charge >= 0.3 is 6.03 Å². The predicted octanol–water partition coefficient (Wildman–Crippen LogP) is 2.00. The molecule has 4 amide bonds. The molecule has 0 radical (unpaired) electrons. The first kappa shape index (κ1) is 20.3. The van der Waals surface area contributed by atoms with Gasteiger partial charge in [-0.15, -0.1) is 0 Å². The average molecular weight is 421 g/mol. The van der Waals surface area contributed by atoms with Crippen LogP contribution in [0.4, 0.5) is 9.18 Å². The molecule has 4 rings (SSSR count). The first-order valence-corrected chi connectivity index (χ1v) is 9.57. The van der Waals surface area contributed by atoms with Crippen molar-refractivity contribution >= 4 is 17.8 Å². The van der Waals surface area contributed by atoms with Crippen molar-refractivity contribution in [3.05, 3.63) is 77.6 Å². The Labute approximate surface area is 177 Å². The molecule has 3 N–H and O–H groups in total. The molecule has 1 saturated heterocycles. The number of imide groups is 1. The number of halogens is 1. The maximum Gasteiger partial charge on any atom is 0.322 e. The van der Waals surface area contributed by atoms with Gasteiger partial charge in [0.15, 0.2) is 5.54 Å². The number of aromatic nitrogens is 2. The van der Waals surface area contributed by atoms with Gasteiger partial charge in [-0.25, -0.2) is 14.2 Å². The Kier molecular flexibility index (Phi) is 5.02. The Bertz CT molecular complexity index is 1190. The SMILES string of the molecule is Cc1ccc(-c2cccc(F)c2C(=O)NCC2(c3nccn3C)NC(=O)NC2=O)cc1. The van der Waals surface area contributed by atoms with Crippen molar-refractivity contribution in [2.24, 2.45) is 7.05 Å². The van der Waals surface area contributed by atoms with Crippen molar-refractivity contribution in [1.29, 1.82) is 0 Å². The number of hydrogen-bond donors (Lipinski definition) is 3. The molecule has 158 valence electrons. The predicted molar refractivity (Wildman–Crippen MR) is 110 cm³/mol. The molecule has 1 aliphatic heterocycles. The number of carbonyl (C=O) groups excluding carboxylic acids is 3. The summed E-state index contributed by atoms with van der Waals surface area (Å²) in [4.78, 5) is 41.7. The summed E-state index contributed by atoms with van der Waals surface area (Å²) in [6.45, 7) is 1.62. The van der Waals surface area contributed by atoms with E-state index < -0.39 is 29.2 Å². The van der Waals surface area contributed by atoms with Crippen molar-refractivity contribution in [2.45, 2.75) is 12.5 Å². The molecule has 1 atom stereocenters. The van der Waals surface area contributed by atoms with Gasteiger partial charge < -0.3 is 15.2 Å². The highest BCUT2D eigenvalue weighted by Crippen LogP contribution is 2.27. The third kappa shape index (κ3) is 3.54. The number of rotatable bonds is 5. The smallest absolute Gasteiger partial charge is 0.322 e. The summed E-state index contributed by atoms with van der Waals surface area (Å²) in [6, 6.07) is 11.0. The minimum absolute atomic E-state index is 0.147. The summed E-state index contributed by atoms with van der Waals surface area (Å²) in [6.07, 6.45) is 3.09. The highest BCUT2D eigenvalue weighted by Gasteiger charge is 2.51. The molecule has 31 heavy (non-hydrogen) atoms.